The van der Waals surface area contributed by atoms with Gasteiger partial charge in [-0.05, 0) is 70.2 Å². The molecule has 0 aromatic heterocycles. The molecule has 2 atom stereocenters. The average Bonchev–Trinajstić information content (AvgIpc) is 2.93. The van der Waals surface area contributed by atoms with Crippen molar-refractivity contribution in [2.45, 2.75) is 39.5 Å². The minimum atomic E-state index is -0.789. The van der Waals surface area contributed by atoms with E-state index in [4.69, 9.17) is 0 Å². The molecule has 0 heterocycles. The van der Waals surface area contributed by atoms with Crippen molar-refractivity contribution >= 4 is 11.9 Å². The maximum Gasteiger partial charge on any atom is 0.306 e. The van der Waals surface area contributed by atoms with Crippen molar-refractivity contribution in [2.75, 3.05) is 0 Å². The number of carboxylic acid groups (broad SMARTS) is 2. The lowest BCUT2D eigenvalue weighted by Gasteiger charge is -2.17. The van der Waals surface area contributed by atoms with E-state index in [1.807, 2.05) is 48.5 Å². The van der Waals surface area contributed by atoms with Crippen LogP contribution in [-0.2, 0) is 35.3 Å². The summed E-state index contributed by atoms with van der Waals surface area (Å²) in [5, 5.41) is 18.9. The molecule has 0 spiro atoms. The Morgan fingerprint density at radius 1 is 0.500 bits per heavy atom. The van der Waals surface area contributed by atoms with Gasteiger partial charge in [-0.3, -0.25) is 9.59 Å². The summed E-state index contributed by atoms with van der Waals surface area (Å²) in [7, 11) is 0. The molecule has 0 amide bonds. The Hall–Kier alpha value is -4.18. The Balaban J connectivity index is 1.64. The zero-order valence-electron chi connectivity index (χ0n) is 21.9. The monoisotopic (exact) mass is 506 g/mol. The first-order valence-corrected chi connectivity index (χ1v) is 13.1. The zero-order valence-corrected chi connectivity index (χ0v) is 21.9. The molecule has 194 valence electrons. The molecule has 0 saturated carbocycles. The van der Waals surface area contributed by atoms with E-state index in [-0.39, 0.29) is 0 Å². The van der Waals surface area contributed by atoms with E-state index >= 15 is 0 Å². The Bertz CT molecular complexity index is 1310. The number of aliphatic carboxylic acids is 2. The maximum atomic E-state index is 11.5. The predicted molar refractivity (Wildman–Crippen MR) is 152 cm³/mol. The summed E-state index contributed by atoms with van der Waals surface area (Å²) in [6.45, 7) is 3.49. The van der Waals surface area contributed by atoms with E-state index < -0.39 is 23.8 Å². The summed E-state index contributed by atoms with van der Waals surface area (Å²) in [5.41, 5.74) is 8.93. The van der Waals surface area contributed by atoms with Crippen LogP contribution in [-0.4, -0.2) is 22.2 Å². The van der Waals surface area contributed by atoms with Crippen LogP contribution in [0.5, 0.6) is 0 Å². The minimum Gasteiger partial charge on any atom is -0.481 e. The highest BCUT2D eigenvalue weighted by atomic mass is 16.4. The third kappa shape index (κ3) is 6.38. The lowest BCUT2D eigenvalue weighted by molar-refractivity contribution is -0.142. The molecule has 4 rings (SSSR count). The molecule has 4 aromatic carbocycles. The van der Waals surface area contributed by atoms with Gasteiger partial charge in [0.1, 0.15) is 0 Å². The van der Waals surface area contributed by atoms with Gasteiger partial charge >= 0.3 is 11.9 Å². The highest BCUT2D eigenvalue weighted by Crippen LogP contribution is 2.32. The first kappa shape index (κ1) is 26.9. The minimum absolute atomic E-state index is 0.459. The summed E-state index contributed by atoms with van der Waals surface area (Å²) >= 11 is 0. The van der Waals surface area contributed by atoms with Crippen LogP contribution < -0.4 is 0 Å². The Kier molecular flexibility index (Phi) is 8.75. The van der Waals surface area contributed by atoms with Crippen molar-refractivity contribution in [1.29, 1.82) is 0 Å². The molecule has 2 N–H and O–H groups in total. The molecule has 0 saturated heterocycles. The fourth-order valence-corrected chi connectivity index (χ4v) is 5.03. The van der Waals surface area contributed by atoms with Gasteiger partial charge in [0.2, 0.25) is 0 Å². The Labute approximate surface area is 224 Å². The van der Waals surface area contributed by atoms with Crippen molar-refractivity contribution < 1.29 is 19.8 Å². The summed E-state index contributed by atoms with van der Waals surface area (Å²) in [5.74, 6) is -2.50. The van der Waals surface area contributed by atoms with Crippen LogP contribution in [0.1, 0.15) is 36.1 Å². The normalized spacial score (nSPS) is 12.6. The lowest BCUT2D eigenvalue weighted by atomic mass is 9.87. The van der Waals surface area contributed by atoms with Gasteiger partial charge in [-0.1, -0.05) is 111 Å². The van der Waals surface area contributed by atoms with Crippen molar-refractivity contribution in [3.05, 3.63) is 119 Å². The number of benzene rings is 4. The van der Waals surface area contributed by atoms with E-state index in [1.165, 1.54) is 11.1 Å². The number of hydrogen-bond donors (Lipinski definition) is 2. The van der Waals surface area contributed by atoms with Crippen LogP contribution in [0.25, 0.3) is 22.3 Å². The van der Waals surface area contributed by atoms with E-state index in [9.17, 15) is 19.8 Å². The van der Waals surface area contributed by atoms with Crippen LogP contribution in [0.4, 0.5) is 0 Å². The topological polar surface area (TPSA) is 74.6 Å². The molecule has 4 nitrogen and oxygen atoms in total. The Morgan fingerprint density at radius 2 is 0.763 bits per heavy atom. The molecule has 2 unspecified atom stereocenters. The van der Waals surface area contributed by atoms with Gasteiger partial charge in [0.25, 0.3) is 0 Å². The quantitative estimate of drug-likeness (QED) is 0.223. The maximum absolute atomic E-state index is 11.5. The Morgan fingerprint density at radius 3 is 1.08 bits per heavy atom. The van der Waals surface area contributed by atoms with Crippen molar-refractivity contribution in [2.24, 2.45) is 11.8 Å². The summed E-state index contributed by atoms with van der Waals surface area (Å²) in [6.07, 6.45) is 2.61. The molecular weight excluding hydrogens is 472 g/mol. The van der Waals surface area contributed by atoms with E-state index in [2.05, 4.69) is 48.5 Å². The van der Waals surface area contributed by atoms with Crippen molar-refractivity contribution in [3.8, 4) is 22.3 Å². The van der Waals surface area contributed by atoms with E-state index in [1.54, 1.807) is 13.8 Å². The molecular formula is C34H34O4. The predicted octanol–water partition coefficient (Wildman–Crippen LogP) is 7.33. The average molecular weight is 507 g/mol. The van der Waals surface area contributed by atoms with E-state index in [0.717, 1.165) is 46.2 Å². The van der Waals surface area contributed by atoms with Gasteiger partial charge in [0.15, 0.2) is 0 Å². The van der Waals surface area contributed by atoms with Crippen LogP contribution in [0.15, 0.2) is 97.1 Å². The van der Waals surface area contributed by atoms with Crippen molar-refractivity contribution in [3.63, 3.8) is 0 Å². The van der Waals surface area contributed by atoms with Crippen molar-refractivity contribution in [1.82, 2.24) is 0 Å². The molecule has 0 aliphatic heterocycles. The molecule has 0 aliphatic rings. The number of aryl methyl sites for hydroxylation is 2. The summed E-state index contributed by atoms with van der Waals surface area (Å²) < 4.78 is 0. The number of rotatable bonds is 11. The molecule has 38 heavy (non-hydrogen) atoms. The molecule has 0 fully saturated rings. The number of carboxylic acids is 2. The van der Waals surface area contributed by atoms with Crippen LogP contribution in [0, 0.1) is 11.8 Å². The largest absolute Gasteiger partial charge is 0.481 e. The first-order chi connectivity index (χ1) is 18.3. The SMILES string of the molecule is CC(Cc1ccccc1-c1ccccc1CCc1ccccc1-c1ccccc1CC(C)C(=O)O)C(=O)O. The second-order valence-corrected chi connectivity index (χ2v) is 10.0. The van der Waals surface area contributed by atoms with E-state index in [0.29, 0.717) is 12.8 Å². The molecule has 0 aliphatic carbocycles. The highest BCUT2D eigenvalue weighted by molar-refractivity contribution is 5.75. The number of hydrogen-bond acceptors (Lipinski definition) is 2. The summed E-state index contributed by atoms with van der Waals surface area (Å²) in [6, 6.07) is 32.9. The van der Waals surface area contributed by atoms with Crippen LogP contribution >= 0.6 is 0 Å². The molecule has 0 radical (unpaired) electrons. The molecule has 4 aromatic rings. The zero-order chi connectivity index (χ0) is 27.1. The van der Waals surface area contributed by atoms with Crippen LogP contribution in [0.3, 0.4) is 0 Å². The fourth-order valence-electron chi connectivity index (χ4n) is 5.03. The third-order valence-corrected chi connectivity index (χ3v) is 7.21. The van der Waals surface area contributed by atoms with Gasteiger partial charge < -0.3 is 10.2 Å². The smallest absolute Gasteiger partial charge is 0.306 e. The third-order valence-electron chi connectivity index (χ3n) is 7.21. The standard InChI is InChI=1S/C34H34O4/c1-23(33(35)36)21-27-13-5-9-17-31(27)29-15-7-3-11-25(29)19-20-26-12-4-8-16-30(26)32-18-10-6-14-28(32)22-24(2)34(37)38/h3-18,23-24H,19-22H2,1-2H3,(H,35,36)(H,37,38). The van der Waals surface area contributed by atoms with Crippen LogP contribution in [0.2, 0.25) is 0 Å². The number of carbonyl (C=O) groups is 2. The first-order valence-electron chi connectivity index (χ1n) is 13.1. The lowest BCUT2D eigenvalue weighted by Crippen LogP contribution is -2.13. The van der Waals surface area contributed by atoms with Gasteiger partial charge in [0.05, 0.1) is 11.8 Å². The van der Waals surface area contributed by atoms with Gasteiger partial charge in [0, 0.05) is 0 Å². The van der Waals surface area contributed by atoms with Gasteiger partial charge in [-0.15, -0.1) is 0 Å². The van der Waals surface area contributed by atoms with Gasteiger partial charge in [-0.25, -0.2) is 0 Å². The van der Waals surface area contributed by atoms with Gasteiger partial charge in [-0.2, -0.15) is 0 Å². The molecule has 4 heteroatoms. The summed E-state index contributed by atoms with van der Waals surface area (Å²) in [4.78, 5) is 23.0. The second-order valence-electron chi connectivity index (χ2n) is 10.0. The fraction of sp³-hybridized carbons (Fsp3) is 0.235. The second kappa shape index (κ2) is 12.4. The highest BCUT2D eigenvalue weighted by Gasteiger charge is 2.18. The molecule has 0 bridgehead atoms.